The van der Waals surface area contributed by atoms with Crippen molar-refractivity contribution in [1.29, 1.82) is 0 Å². The Kier molecular flexibility index (Phi) is 6.87. The van der Waals surface area contributed by atoms with Crippen molar-refractivity contribution in [2.75, 3.05) is 6.61 Å². The van der Waals surface area contributed by atoms with E-state index in [2.05, 4.69) is 24.3 Å². The zero-order valence-corrected chi connectivity index (χ0v) is 18.8. The van der Waals surface area contributed by atoms with Crippen LogP contribution in [-0.2, 0) is 9.53 Å². The Morgan fingerprint density at radius 2 is 1.82 bits per heavy atom. The van der Waals surface area contributed by atoms with Gasteiger partial charge in [-0.15, -0.1) is 0 Å². The second-order valence-electron chi connectivity index (χ2n) is 8.70. The standard InChI is InChI=1S/C26H28FN3O3/c1-17-7-6-10-23(18(17)2)28-24(31)16-33-26(32)22-15-30(21-8-4-3-5-9-21)29-25(22)19-11-13-20(27)14-12-19/h3-5,8-9,11-15,17-18,23H,6-7,10,16H2,1-2H3,(H,28,31)/t17-,18-,23+/m1/s1. The third-order valence-corrected chi connectivity index (χ3v) is 6.46. The molecule has 33 heavy (non-hydrogen) atoms. The van der Waals surface area contributed by atoms with E-state index in [1.165, 1.54) is 18.6 Å². The van der Waals surface area contributed by atoms with Crippen LogP contribution < -0.4 is 5.32 Å². The van der Waals surface area contributed by atoms with Crippen LogP contribution in [0.1, 0.15) is 43.5 Å². The van der Waals surface area contributed by atoms with Gasteiger partial charge in [-0.25, -0.2) is 13.9 Å². The number of para-hydroxylation sites is 1. The molecule has 0 spiro atoms. The number of carbonyl (C=O) groups is 2. The highest BCUT2D eigenvalue weighted by Crippen LogP contribution is 2.29. The van der Waals surface area contributed by atoms with Gasteiger partial charge in [0.1, 0.15) is 17.1 Å². The number of halogens is 1. The molecular weight excluding hydrogens is 421 g/mol. The van der Waals surface area contributed by atoms with E-state index in [4.69, 9.17) is 4.74 Å². The summed E-state index contributed by atoms with van der Waals surface area (Å²) in [5.41, 5.74) is 1.91. The second-order valence-corrected chi connectivity index (χ2v) is 8.70. The van der Waals surface area contributed by atoms with Crippen molar-refractivity contribution < 1.29 is 18.7 Å². The summed E-state index contributed by atoms with van der Waals surface area (Å²) in [5, 5.41) is 7.54. The van der Waals surface area contributed by atoms with Gasteiger partial charge in [-0.1, -0.05) is 44.9 Å². The van der Waals surface area contributed by atoms with E-state index in [9.17, 15) is 14.0 Å². The average molecular weight is 450 g/mol. The lowest BCUT2D eigenvalue weighted by Crippen LogP contribution is -2.45. The van der Waals surface area contributed by atoms with E-state index >= 15 is 0 Å². The van der Waals surface area contributed by atoms with Crippen LogP contribution in [0, 0.1) is 17.7 Å². The molecule has 7 heteroatoms. The van der Waals surface area contributed by atoms with Crippen molar-refractivity contribution in [2.45, 2.75) is 39.2 Å². The molecule has 0 saturated heterocycles. The zero-order chi connectivity index (χ0) is 23.4. The topological polar surface area (TPSA) is 73.2 Å². The summed E-state index contributed by atoms with van der Waals surface area (Å²) < 4.78 is 20.3. The summed E-state index contributed by atoms with van der Waals surface area (Å²) >= 11 is 0. The summed E-state index contributed by atoms with van der Waals surface area (Å²) in [7, 11) is 0. The van der Waals surface area contributed by atoms with E-state index < -0.39 is 5.97 Å². The third-order valence-electron chi connectivity index (χ3n) is 6.46. The van der Waals surface area contributed by atoms with Gasteiger partial charge in [0, 0.05) is 17.8 Å². The first-order valence-corrected chi connectivity index (χ1v) is 11.3. The number of nitrogens with zero attached hydrogens (tertiary/aromatic N) is 2. The highest BCUT2D eigenvalue weighted by atomic mass is 19.1. The number of carbonyl (C=O) groups excluding carboxylic acids is 2. The van der Waals surface area contributed by atoms with E-state index in [-0.39, 0.29) is 29.9 Å². The van der Waals surface area contributed by atoms with Gasteiger partial charge < -0.3 is 10.1 Å². The Bertz CT molecular complexity index is 1110. The van der Waals surface area contributed by atoms with Crippen LogP contribution in [0.4, 0.5) is 4.39 Å². The molecule has 1 aliphatic rings. The first-order chi connectivity index (χ1) is 15.9. The van der Waals surface area contributed by atoms with Crippen LogP contribution in [0.15, 0.2) is 60.8 Å². The normalized spacial score (nSPS) is 20.3. The van der Waals surface area contributed by atoms with Gasteiger partial charge in [0.15, 0.2) is 6.61 Å². The quantitative estimate of drug-likeness (QED) is 0.550. The predicted molar refractivity (Wildman–Crippen MR) is 123 cm³/mol. The molecule has 1 aliphatic carbocycles. The van der Waals surface area contributed by atoms with Crippen LogP contribution in [0.3, 0.4) is 0 Å². The molecule has 0 unspecified atom stereocenters. The molecular formula is C26H28FN3O3. The number of ether oxygens (including phenoxy) is 1. The second kappa shape index (κ2) is 9.98. The maximum absolute atomic E-state index is 13.4. The molecule has 1 aromatic heterocycles. The largest absolute Gasteiger partial charge is 0.452 e. The monoisotopic (exact) mass is 449 g/mol. The maximum atomic E-state index is 13.4. The fraction of sp³-hybridized carbons (Fsp3) is 0.346. The van der Waals surface area contributed by atoms with Crippen LogP contribution in [-0.4, -0.2) is 34.3 Å². The van der Waals surface area contributed by atoms with E-state index in [1.54, 1.807) is 23.0 Å². The molecule has 1 amide bonds. The summed E-state index contributed by atoms with van der Waals surface area (Å²) in [6, 6.07) is 15.2. The molecule has 1 saturated carbocycles. The van der Waals surface area contributed by atoms with Crippen molar-refractivity contribution >= 4 is 11.9 Å². The number of aromatic nitrogens is 2. The molecule has 0 aliphatic heterocycles. The highest BCUT2D eigenvalue weighted by molar-refractivity contribution is 5.97. The van der Waals surface area contributed by atoms with Gasteiger partial charge in [-0.2, -0.15) is 5.10 Å². The van der Waals surface area contributed by atoms with Crippen molar-refractivity contribution in [3.05, 3.63) is 72.2 Å². The summed E-state index contributed by atoms with van der Waals surface area (Å²) in [6.07, 6.45) is 4.75. The van der Waals surface area contributed by atoms with Gasteiger partial charge >= 0.3 is 5.97 Å². The smallest absolute Gasteiger partial charge is 0.342 e. The highest BCUT2D eigenvalue weighted by Gasteiger charge is 2.28. The van der Waals surface area contributed by atoms with Gasteiger partial charge in [0.2, 0.25) is 0 Å². The minimum atomic E-state index is -0.656. The molecule has 1 N–H and O–H groups in total. The first kappa shape index (κ1) is 22.7. The number of amides is 1. The SMILES string of the molecule is C[C@@H]1[C@H](C)CCC[C@@H]1NC(=O)COC(=O)c1cn(-c2ccccc2)nc1-c1ccc(F)cc1. The van der Waals surface area contributed by atoms with Gasteiger partial charge in [0.25, 0.3) is 5.91 Å². The van der Waals surface area contributed by atoms with Gasteiger partial charge in [0.05, 0.1) is 5.69 Å². The van der Waals surface area contributed by atoms with E-state index in [1.807, 2.05) is 30.3 Å². The van der Waals surface area contributed by atoms with Crippen molar-refractivity contribution in [2.24, 2.45) is 11.8 Å². The lowest BCUT2D eigenvalue weighted by atomic mass is 9.78. The molecule has 2 aromatic carbocycles. The Hall–Kier alpha value is -3.48. The Morgan fingerprint density at radius 1 is 1.09 bits per heavy atom. The van der Waals surface area contributed by atoms with Crippen molar-refractivity contribution in [3.8, 4) is 16.9 Å². The molecule has 0 bridgehead atoms. The lowest BCUT2D eigenvalue weighted by Gasteiger charge is -2.34. The average Bonchev–Trinajstić information content (AvgIpc) is 3.27. The minimum absolute atomic E-state index is 0.0931. The van der Waals surface area contributed by atoms with E-state index in [0.29, 0.717) is 23.1 Å². The Balaban J connectivity index is 1.50. The predicted octanol–water partition coefficient (Wildman–Crippen LogP) is 4.78. The minimum Gasteiger partial charge on any atom is -0.452 e. The molecule has 4 rings (SSSR count). The lowest BCUT2D eigenvalue weighted by molar-refractivity contribution is -0.125. The molecule has 3 aromatic rings. The third kappa shape index (κ3) is 5.30. The molecule has 3 atom stereocenters. The van der Waals surface area contributed by atoms with Crippen LogP contribution in [0.5, 0.6) is 0 Å². The fourth-order valence-corrected chi connectivity index (χ4v) is 4.30. The van der Waals surface area contributed by atoms with Crippen LogP contribution in [0.2, 0.25) is 0 Å². The summed E-state index contributed by atoms with van der Waals surface area (Å²) in [4.78, 5) is 25.4. The summed E-state index contributed by atoms with van der Waals surface area (Å²) in [5.74, 6) is -0.417. The first-order valence-electron chi connectivity index (χ1n) is 11.3. The number of benzene rings is 2. The molecule has 1 fully saturated rings. The van der Waals surface area contributed by atoms with E-state index in [0.717, 1.165) is 18.5 Å². The summed E-state index contributed by atoms with van der Waals surface area (Å²) in [6.45, 7) is 3.98. The molecule has 1 heterocycles. The number of hydrogen-bond acceptors (Lipinski definition) is 4. The fourth-order valence-electron chi connectivity index (χ4n) is 4.30. The Morgan fingerprint density at radius 3 is 2.55 bits per heavy atom. The Labute approximate surface area is 192 Å². The number of hydrogen-bond donors (Lipinski definition) is 1. The zero-order valence-electron chi connectivity index (χ0n) is 18.8. The van der Waals surface area contributed by atoms with Crippen LogP contribution >= 0.6 is 0 Å². The molecule has 0 radical (unpaired) electrons. The number of nitrogens with one attached hydrogen (secondary N) is 1. The number of esters is 1. The number of rotatable bonds is 6. The van der Waals surface area contributed by atoms with Crippen molar-refractivity contribution in [3.63, 3.8) is 0 Å². The van der Waals surface area contributed by atoms with Gasteiger partial charge in [-0.05, 0) is 54.7 Å². The maximum Gasteiger partial charge on any atom is 0.342 e. The van der Waals surface area contributed by atoms with Crippen molar-refractivity contribution in [1.82, 2.24) is 15.1 Å². The van der Waals surface area contributed by atoms with Gasteiger partial charge in [-0.3, -0.25) is 4.79 Å². The molecule has 172 valence electrons. The van der Waals surface area contributed by atoms with Crippen LogP contribution in [0.25, 0.3) is 16.9 Å². The molecule has 6 nitrogen and oxygen atoms in total.